The molecule has 0 heterocycles. The minimum absolute atomic E-state index is 0.447. The highest BCUT2D eigenvalue weighted by Gasteiger charge is 2.06. The van der Waals surface area contributed by atoms with Crippen molar-refractivity contribution in [1.29, 1.82) is 0 Å². The number of methoxy groups -OCH3 is 2. The van der Waals surface area contributed by atoms with Crippen molar-refractivity contribution in [2.45, 2.75) is 13.5 Å². The highest BCUT2D eigenvalue weighted by Crippen LogP contribution is 2.28. The van der Waals surface area contributed by atoms with Crippen LogP contribution in [-0.4, -0.2) is 20.4 Å². The summed E-state index contributed by atoms with van der Waals surface area (Å²) < 4.78 is 16.5. The maximum absolute atomic E-state index is 5.90. The molecule has 0 amide bonds. The number of nitrogens with zero attached hydrogens (tertiary/aromatic N) is 1. The lowest BCUT2D eigenvalue weighted by Crippen LogP contribution is -1.99. The first kappa shape index (κ1) is 19.3. The SMILES string of the molecule is COc1ccc(COc2ccc(C=NNc3ccc(C)cc3)cc2OC)cc1. The van der Waals surface area contributed by atoms with Crippen LogP contribution < -0.4 is 19.6 Å². The number of hydrogen-bond donors (Lipinski definition) is 1. The summed E-state index contributed by atoms with van der Waals surface area (Å²) in [6, 6.07) is 21.5. The lowest BCUT2D eigenvalue weighted by atomic mass is 10.2. The van der Waals surface area contributed by atoms with E-state index in [4.69, 9.17) is 14.2 Å². The van der Waals surface area contributed by atoms with E-state index in [0.717, 1.165) is 22.6 Å². The van der Waals surface area contributed by atoms with E-state index < -0.39 is 0 Å². The van der Waals surface area contributed by atoms with Crippen molar-refractivity contribution in [2.24, 2.45) is 5.10 Å². The van der Waals surface area contributed by atoms with Crippen LogP contribution in [0.15, 0.2) is 71.8 Å². The van der Waals surface area contributed by atoms with E-state index in [-0.39, 0.29) is 0 Å². The molecular weight excluding hydrogens is 352 g/mol. The number of rotatable bonds is 8. The quantitative estimate of drug-likeness (QED) is 0.442. The van der Waals surface area contributed by atoms with Gasteiger partial charge in [-0.3, -0.25) is 5.43 Å². The van der Waals surface area contributed by atoms with Gasteiger partial charge in [-0.15, -0.1) is 0 Å². The number of anilines is 1. The molecule has 28 heavy (non-hydrogen) atoms. The molecule has 0 saturated carbocycles. The molecule has 0 unspecified atom stereocenters. The molecule has 0 aliphatic heterocycles. The summed E-state index contributed by atoms with van der Waals surface area (Å²) in [4.78, 5) is 0. The van der Waals surface area contributed by atoms with E-state index >= 15 is 0 Å². The molecular formula is C23H24N2O3. The summed E-state index contributed by atoms with van der Waals surface area (Å²) in [5.74, 6) is 2.17. The van der Waals surface area contributed by atoms with Gasteiger partial charge in [0.1, 0.15) is 12.4 Å². The molecule has 0 fully saturated rings. The Morgan fingerprint density at radius 1 is 0.857 bits per heavy atom. The molecule has 1 N–H and O–H groups in total. The fraction of sp³-hybridized carbons (Fsp3) is 0.174. The van der Waals surface area contributed by atoms with Crippen molar-refractivity contribution >= 4 is 11.9 Å². The Hall–Kier alpha value is -3.47. The van der Waals surface area contributed by atoms with E-state index in [2.05, 4.69) is 17.5 Å². The van der Waals surface area contributed by atoms with Gasteiger partial charge in [-0.25, -0.2) is 0 Å². The number of benzene rings is 3. The Kier molecular flexibility index (Phi) is 6.52. The van der Waals surface area contributed by atoms with Crippen LogP contribution in [0.4, 0.5) is 5.69 Å². The fourth-order valence-electron chi connectivity index (χ4n) is 2.58. The van der Waals surface area contributed by atoms with Gasteiger partial charge in [0.15, 0.2) is 11.5 Å². The number of aryl methyl sites for hydroxylation is 1. The molecule has 0 aliphatic carbocycles. The predicted octanol–water partition coefficient (Wildman–Crippen LogP) is 5.04. The molecule has 0 saturated heterocycles. The molecule has 144 valence electrons. The summed E-state index contributed by atoms with van der Waals surface area (Å²) in [6.45, 7) is 2.50. The van der Waals surface area contributed by atoms with Crippen LogP contribution in [0.5, 0.6) is 17.2 Å². The number of hydrogen-bond acceptors (Lipinski definition) is 5. The third-order valence-corrected chi connectivity index (χ3v) is 4.20. The highest BCUT2D eigenvalue weighted by molar-refractivity contribution is 5.81. The zero-order valence-electron chi connectivity index (χ0n) is 16.3. The van der Waals surface area contributed by atoms with E-state index in [1.807, 2.05) is 66.7 Å². The van der Waals surface area contributed by atoms with Crippen LogP contribution in [0.1, 0.15) is 16.7 Å². The highest BCUT2D eigenvalue weighted by atomic mass is 16.5. The van der Waals surface area contributed by atoms with Gasteiger partial charge in [-0.2, -0.15) is 5.10 Å². The Balaban J connectivity index is 1.62. The maximum atomic E-state index is 5.90. The van der Waals surface area contributed by atoms with Gasteiger partial charge < -0.3 is 14.2 Å². The van der Waals surface area contributed by atoms with Crippen molar-refractivity contribution in [2.75, 3.05) is 19.6 Å². The molecule has 3 rings (SSSR count). The predicted molar refractivity (Wildman–Crippen MR) is 113 cm³/mol. The Bertz CT molecular complexity index is 920. The molecule has 0 aromatic heterocycles. The minimum atomic E-state index is 0.447. The molecule has 5 heteroatoms. The van der Waals surface area contributed by atoms with E-state index in [1.54, 1.807) is 20.4 Å². The van der Waals surface area contributed by atoms with E-state index in [9.17, 15) is 0 Å². The summed E-state index contributed by atoms with van der Waals surface area (Å²) >= 11 is 0. The molecule has 0 spiro atoms. The van der Waals surface area contributed by atoms with Crippen molar-refractivity contribution in [3.05, 3.63) is 83.4 Å². The van der Waals surface area contributed by atoms with Gasteiger partial charge in [0.2, 0.25) is 0 Å². The molecule has 0 aliphatic rings. The van der Waals surface area contributed by atoms with Crippen molar-refractivity contribution in [3.63, 3.8) is 0 Å². The summed E-state index contributed by atoms with van der Waals surface area (Å²) in [7, 11) is 3.28. The van der Waals surface area contributed by atoms with Gasteiger partial charge >= 0.3 is 0 Å². The zero-order chi connectivity index (χ0) is 19.8. The third kappa shape index (κ3) is 5.27. The van der Waals surface area contributed by atoms with Crippen LogP contribution in [0.25, 0.3) is 0 Å². The van der Waals surface area contributed by atoms with Crippen molar-refractivity contribution in [1.82, 2.24) is 0 Å². The van der Waals surface area contributed by atoms with Gasteiger partial charge in [0, 0.05) is 0 Å². The second-order valence-electron chi connectivity index (χ2n) is 6.28. The van der Waals surface area contributed by atoms with E-state index in [0.29, 0.717) is 18.1 Å². The maximum Gasteiger partial charge on any atom is 0.161 e. The second-order valence-corrected chi connectivity index (χ2v) is 6.28. The Morgan fingerprint density at radius 3 is 2.29 bits per heavy atom. The number of ether oxygens (including phenoxy) is 3. The first-order valence-corrected chi connectivity index (χ1v) is 8.97. The molecule has 5 nitrogen and oxygen atoms in total. The van der Waals surface area contributed by atoms with Crippen LogP contribution in [0, 0.1) is 6.92 Å². The fourth-order valence-corrected chi connectivity index (χ4v) is 2.58. The summed E-state index contributed by atoms with van der Waals surface area (Å²) in [6.07, 6.45) is 1.75. The molecule has 0 radical (unpaired) electrons. The van der Waals surface area contributed by atoms with Crippen LogP contribution in [-0.2, 0) is 6.61 Å². The third-order valence-electron chi connectivity index (χ3n) is 4.20. The molecule has 0 atom stereocenters. The largest absolute Gasteiger partial charge is 0.497 e. The standard InChI is InChI=1S/C23H24N2O3/c1-17-4-9-20(10-5-17)25-24-15-19-8-13-22(23(14-19)27-3)28-16-18-6-11-21(26-2)12-7-18/h4-15,25H,16H2,1-3H3. The second kappa shape index (κ2) is 9.46. The Morgan fingerprint density at radius 2 is 1.61 bits per heavy atom. The average Bonchev–Trinajstić information content (AvgIpc) is 2.74. The smallest absolute Gasteiger partial charge is 0.161 e. The number of nitrogens with one attached hydrogen (secondary N) is 1. The first-order valence-electron chi connectivity index (χ1n) is 8.97. The summed E-state index contributed by atoms with van der Waals surface area (Å²) in [5.41, 5.74) is 7.13. The molecule has 3 aromatic carbocycles. The van der Waals surface area contributed by atoms with Gasteiger partial charge in [-0.05, 0) is 60.5 Å². The zero-order valence-corrected chi connectivity index (χ0v) is 16.3. The lowest BCUT2D eigenvalue weighted by Gasteiger charge is -2.11. The van der Waals surface area contributed by atoms with Gasteiger partial charge in [-0.1, -0.05) is 29.8 Å². The van der Waals surface area contributed by atoms with Gasteiger partial charge in [0.25, 0.3) is 0 Å². The van der Waals surface area contributed by atoms with E-state index in [1.165, 1.54) is 5.56 Å². The summed E-state index contributed by atoms with van der Waals surface area (Å²) in [5, 5.41) is 4.27. The van der Waals surface area contributed by atoms with Crippen LogP contribution in [0.3, 0.4) is 0 Å². The van der Waals surface area contributed by atoms with Crippen molar-refractivity contribution in [3.8, 4) is 17.2 Å². The van der Waals surface area contributed by atoms with Gasteiger partial charge in [0.05, 0.1) is 26.1 Å². The molecule has 3 aromatic rings. The molecule has 0 bridgehead atoms. The van der Waals surface area contributed by atoms with Crippen molar-refractivity contribution < 1.29 is 14.2 Å². The lowest BCUT2D eigenvalue weighted by molar-refractivity contribution is 0.284. The minimum Gasteiger partial charge on any atom is -0.497 e. The van der Waals surface area contributed by atoms with Crippen LogP contribution >= 0.6 is 0 Å². The number of hydrazone groups is 1. The topological polar surface area (TPSA) is 52.1 Å². The monoisotopic (exact) mass is 376 g/mol. The average molecular weight is 376 g/mol. The first-order chi connectivity index (χ1) is 13.7. The Labute approximate surface area is 165 Å². The van der Waals surface area contributed by atoms with Crippen LogP contribution in [0.2, 0.25) is 0 Å². The normalized spacial score (nSPS) is 10.7.